The maximum Gasteiger partial charge on any atom is 0.330 e. The number of methoxy groups -OCH3 is 2. The van der Waals surface area contributed by atoms with E-state index >= 15 is 0 Å². The second kappa shape index (κ2) is 4.78. The summed E-state index contributed by atoms with van der Waals surface area (Å²) in [6, 6.07) is 3.53. The van der Waals surface area contributed by atoms with Crippen molar-refractivity contribution in [3.05, 3.63) is 23.8 Å². The molecule has 5 heteroatoms. The lowest BCUT2D eigenvalue weighted by atomic mass is 10.1. The average Bonchev–Trinajstić information content (AvgIpc) is 2.82. The zero-order valence-corrected chi connectivity index (χ0v) is 9.56. The smallest absolute Gasteiger partial charge is 0.330 e. The molecule has 0 saturated carbocycles. The molecule has 1 heterocycles. The van der Waals surface area contributed by atoms with Crippen LogP contribution in [0.25, 0.3) is 6.08 Å². The van der Waals surface area contributed by atoms with Gasteiger partial charge in [0.25, 0.3) is 0 Å². The van der Waals surface area contributed by atoms with Crippen molar-refractivity contribution in [1.82, 2.24) is 0 Å². The summed E-state index contributed by atoms with van der Waals surface area (Å²) in [6.07, 6.45) is 2.95. The zero-order chi connectivity index (χ0) is 12.3. The molecule has 0 aliphatic carbocycles. The molecule has 0 spiro atoms. The molecular weight excluding hydrogens is 224 g/mol. The first-order chi connectivity index (χ1) is 8.24. The molecular formula is C12H12O5. The molecule has 90 valence electrons. The van der Waals surface area contributed by atoms with Crippen LogP contribution < -0.4 is 14.2 Å². The van der Waals surface area contributed by atoms with Crippen molar-refractivity contribution in [2.45, 2.75) is 0 Å². The summed E-state index contributed by atoms with van der Waals surface area (Å²) in [6.45, 7) is 0.176. The summed E-state index contributed by atoms with van der Waals surface area (Å²) in [4.78, 5) is 11.0. The monoisotopic (exact) mass is 236 g/mol. The number of fused-ring (bicyclic) bond motifs is 1. The Balaban J connectivity index is 2.30. The van der Waals surface area contributed by atoms with E-state index in [0.29, 0.717) is 17.2 Å². The Hall–Kier alpha value is -2.17. The van der Waals surface area contributed by atoms with Crippen LogP contribution in [0.2, 0.25) is 0 Å². The highest BCUT2D eigenvalue weighted by Crippen LogP contribution is 2.41. The van der Waals surface area contributed by atoms with Crippen molar-refractivity contribution < 1.29 is 23.7 Å². The van der Waals surface area contributed by atoms with Crippen LogP contribution in [0.5, 0.6) is 17.2 Å². The van der Waals surface area contributed by atoms with Crippen LogP contribution in [0.1, 0.15) is 5.56 Å². The van der Waals surface area contributed by atoms with Gasteiger partial charge in [0.1, 0.15) is 0 Å². The Morgan fingerprint density at radius 2 is 2.18 bits per heavy atom. The molecule has 0 unspecified atom stereocenters. The van der Waals surface area contributed by atoms with Crippen LogP contribution in [-0.4, -0.2) is 27.0 Å². The molecule has 1 aliphatic heterocycles. The van der Waals surface area contributed by atoms with Gasteiger partial charge < -0.3 is 18.9 Å². The number of carbonyl (C=O) groups excluding carboxylic acids is 1. The second-order valence-corrected chi connectivity index (χ2v) is 3.31. The number of ether oxygens (including phenoxy) is 4. The third kappa shape index (κ3) is 2.33. The Kier molecular flexibility index (Phi) is 3.18. The number of esters is 1. The van der Waals surface area contributed by atoms with Gasteiger partial charge in [0.15, 0.2) is 11.5 Å². The average molecular weight is 236 g/mol. The lowest BCUT2D eigenvalue weighted by Gasteiger charge is -2.05. The molecule has 17 heavy (non-hydrogen) atoms. The van der Waals surface area contributed by atoms with E-state index in [1.54, 1.807) is 25.3 Å². The molecule has 2 rings (SSSR count). The number of carbonyl (C=O) groups is 1. The molecule has 5 nitrogen and oxygen atoms in total. The fourth-order valence-electron chi connectivity index (χ4n) is 1.48. The van der Waals surface area contributed by atoms with Crippen LogP contribution in [-0.2, 0) is 9.53 Å². The van der Waals surface area contributed by atoms with Gasteiger partial charge in [-0.3, -0.25) is 0 Å². The summed E-state index contributed by atoms with van der Waals surface area (Å²) in [7, 11) is 2.87. The molecule has 0 saturated heterocycles. The Bertz CT molecular complexity index is 464. The van der Waals surface area contributed by atoms with Crippen LogP contribution >= 0.6 is 0 Å². The van der Waals surface area contributed by atoms with E-state index < -0.39 is 5.97 Å². The van der Waals surface area contributed by atoms with E-state index in [4.69, 9.17) is 14.2 Å². The van der Waals surface area contributed by atoms with Crippen LogP contribution in [0, 0.1) is 0 Å². The Morgan fingerprint density at radius 1 is 1.35 bits per heavy atom. The number of rotatable bonds is 3. The van der Waals surface area contributed by atoms with Crippen molar-refractivity contribution in [2.75, 3.05) is 21.0 Å². The van der Waals surface area contributed by atoms with Crippen LogP contribution in [0.15, 0.2) is 18.2 Å². The molecule has 0 N–H and O–H groups in total. The van der Waals surface area contributed by atoms with Gasteiger partial charge in [-0.15, -0.1) is 0 Å². The maximum absolute atomic E-state index is 11.0. The maximum atomic E-state index is 11.0. The summed E-state index contributed by atoms with van der Waals surface area (Å²) in [5.74, 6) is 1.35. The molecule has 0 fully saturated rings. The largest absolute Gasteiger partial charge is 0.493 e. The number of benzene rings is 1. The quantitative estimate of drug-likeness (QED) is 0.589. The molecule has 0 bridgehead atoms. The van der Waals surface area contributed by atoms with Gasteiger partial charge in [-0.1, -0.05) is 0 Å². The van der Waals surface area contributed by atoms with Gasteiger partial charge in [0.2, 0.25) is 12.5 Å². The molecule has 1 aromatic carbocycles. The van der Waals surface area contributed by atoms with E-state index in [1.165, 1.54) is 13.2 Å². The fourth-order valence-corrected chi connectivity index (χ4v) is 1.48. The summed E-state index contributed by atoms with van der Waals surface area (Å²) in [5.41, 5.74) is 0.775. The van der Waals surface area contributed by atoms with Gasteiger partial charge in [0.05, 0.1) is 14.2 Å². The first kappa shape index (κ1) is 11.3. The summed E-state index contributed by atoms with van der Waals surface area (Å²) >= 11 is 0. The van der Waals surface area contributed by atoms with E-state index in [1.807, 2.05) is 0 Å². The Labute approximate surface area is 98.5 Å². The van der Waals surface area contributed by atoms with Crippen molar-refractivity contribution in [2.24, 2.45) is 0 Å². The predicted molar refractivity (Wildman–Crippen MR) is 60.2 cm³/mol. The van der Waals surface area contributed by atoms with E-state index in [-0.39, 0.29) is 6.79 Å². The third-order valence-corrected chi connectivity index (χ3v) is 2.29. The Morgan fingerprint density at radius 3 is 2.88 bits per heavy atom. The van der Waals surface area contributed by atoms with Gasteiger partial charge in [0, 0.05) is 6.08 Å². The van der Waals surface area contributed by atoms with Gasteiger partial charge in [-0.05, 0) is 23.8 Å². The van der Waals surface area contributed by atoms with E-state index in [9.17, 15) is 4.79 Å². The number of hydrogen-bond donors (Lipinski definition) is 0. The van der Waals surface area contributed by atoms with Crippen LogP contribution in [0.3, 0.4) is 0 Å². The highest BCUT2D eigenvalue weighted by molar-refractivity contribution is 5.87. The zero-order valence-electron chi connectivity index (χ0n) is 9.56. The molecule has 0 radical (unpaired) electrons. The van der Waals surface area contributed by atoms with Gasteiger partial charge in [-0.25, -0.2) is 4.79 Å². The lowest BCUT2D eigenvalue weighted by molar-refractivity contribution is -0.134. The normalized spacial score (nSPS) is 12.8. The SMILES string of the molecule is COC(=O)/C=C/c1cc(OC)c2c(c1)OCO2. The molecule has 1 aromatic rings. The highest BCUT2D eigenvalue weighted by Gasteiger charge is 2.19. The van der Waals surface area contributed by atoms with Gasteiger partial charge in [-0.2, -0.15) is 0 Å². The fraction of sp³-hybridized carbons (Fsp3) is 0.250. The van der Waals surface area contributed by atoms with Crippen molar-refractivity contribution in [3.63, 3.8) is 0 Å². The first-order valence-electron chi connectivity index (χ1n) is 4.98. The molecule has 0 amide bonds. The van der Waals surface area contributed by atoms with Crippen LogP contribution in [0.4, 0.5) is 0 Å². The standard InChI is InChI=1S/C12H12O5/c1-14-9-5-8(3-4-11(13)15-2)6-10-12(9)17-7-16-10/h3-6H,7H2,1-2H3/b4-3+. The summed E-state index contributed by atoms with van der Waals surface area (Å²) in [5, 5.41) is 0. The van der Waals surface area contributed by atoms with Crippen molar-refractivity contribution in [1.29, 1.82) is 0 Å². The highest BCUT2D eigenvalue weighted by atomic mass is 16.7. The van der Waals surface area contributed by atoms with E-state index in [2.05, 4.69) is 4.74 Å². The van der Waals surface area contributed by atoms with E-state index in [0.717, 1.165) is 5.56 Å². The number of hydrogen-bond acceptors (Lipinski definition) is 5. The third-order valence-electron chi connectivity index (χ3n) is 2.29. The minimum atomic E-state index is -0.415. The first-order valence-corrected chi connectivity index (χ1v) is 4.98. The minimum Gasteiger partial charge on any atom is -0.493 e. The molecule has 1 aliphatic rings. The summed E-state index contributed by atoms with van der Waals surface area (Å²) < 4.78 is 20.2. The minimum absolute atomic E-state index is 0.176. The predicted octanol–water partition coefficient (Wildman–Crippen LogP) is 1.61. The van der Waals surface area contributed by atoms with Gasteiger partial charge >= 0.3 is 5.97 Å². The second-order valence-electron chi connectivity index (χ2n) is 3.31. The van der Waals surface area contributed by atoms with Crippen molar-refractivity contribution >= 4 is 12.0 Å². The topological polar surface area (TPSA) is 54.0 Å². The molecule has 0 atom stereocenters. The lowest BCUT2D eigenvalue weighted by Crippen LogP contribution is -1.93. The van der Waals surface area contributed by atoms with Crippen molar-refractivity contribution in [3.8, 4) is 17.2 Å². The molecule has 0 aromatic heterocycles.